The normalized spacial score (nSPS) is 10.7. The molecule has 0 saturated heterocycles. The summed E-state index contributed by atoms with van der Waals surface area (Å²) in [4.78, 5) is 34.6. The first kappa shape index (κ1) is 22.1. The highest BCUT2D eigenvalue weighted by Crippen LogP contribution is 2.24. The summed E-state index contributed by atoms with van der Waals surface area (Å²) in [5, 5.41) is 3.55. The van der Waals surface area contributed by atoms with Crippen molar-refractivity contribution in [2.24, 2.45) is 5.73 Å². The summed E-state index contributed by atoms with van der Waals surface area (Å²) in [5.74, 6) is -0.302. The summed E-state index contributed by atoms with van der Waals surface area (Å²) in [6.45, 7) is 2.45. The lowest BCUT2D eigenvalue weighted by Crippen LogP contribution is -2.17. The molecule has 0 aliphatic heterocycles. The van der Waals surface area contributed by atoms with E-state index in [1.807, 2.05) is 54.6 Å². The largest absolute Gasteiger partial charge is 0.466 e. The van der Waals surface area contributed by atoms with Gasteiger partial charge in [-0.2, -0.15) is 0 Å². The molecule has 0 fully saturated rings. The Labute approximate surface area is 191 Å². The number of carbonyl (C=O) groups is 2. The third-order valence-corrected chi connectivity index (χ3v) is 5.14. The van der Waals surface area contributed by atoms with Crippen molar-refractivity contribution < 1.29 is 14.3 Å². The molecule has 3 N–H and O–H groups in total. The van der Waals surface area contributed by atoms with Crippen molar-refractivity contribution in [1.29, 1.82) is 0 Å². The molecule has 166 valence electrons. The van der Waals surface area contributed by atoms with Crippen molar-refractivity contribution in [2.45, 2.75) is 19.9 Å². The topological polar surface area (TPSA) is 107 Å². The first-order chi connectivity index (χ1) is 16.1. The van der Waals surface area contributed by atoms with Gasteiger partial charge in [-0.25, -0.2) is 9.97 Å². The van der Waals surface area contributed by atoms with Crippen LogP contribution in [-0.4, -0.2) is 28.5 Å². The predicted octanol–water partition coefficient (Wildman–Crippen LogP) is 4.11. The quantitative estimate of drug-likeness (QED) is 0.419. The smallest absolute Gasteiger partial charge is 0.310 e. The molecule has 1 aromatic heterocycles. The Morgan fingerprint density at radius 2 is 1.76 bits per heavy atom. The van der Waals surface area contributed by atoms with Crippen molar-refractivity contribution in [3.63, 3.8) is 0 Å². The Bertz CT molecular complexity index is 1320. The van der Waals surface area contributed by atoms with E-state index in [2.05, 4.69) is 15.3 Å². The Morgan fingerprint density at radius 3 is 2.58 bits per heavy atom. The van der Waals surface area contributed by atoms with Crippen LogP contribution in [0.15, 0.2) is 72.8 Å². The highest BCUT2D eigenvalue weighted by molar-refractivity contribution is 6.11. The number of para-hydroxylation sites is 2. The van der Waals surface area contributed by atoms with E-state index >= 15 is 0 Å². The van der Waals surface area contributed by atoms with Crippen LogP contribution >= 0.6 is 0 Å². The van der Waals surface area contributed by atoms with Gasteiger partial charge in [0.05, 0.1) is 18.5 Å². The van der Waals surface area contributed by atoms with Crippen molar-refractivity contribution in [2.75, 3.05) is 11.9 Å². The van der Waals surface area contributed by atoms with Gasteiger partial charge in [0, 0.05) is 23.2 Å². The first-order valence-electron chi connectivity index (χ1n) is 10.7. The molecular formula is C26H24N4O3. The van der Waals surface area contributed by atoms with Gasteiger partial charge in [-0.1, -0.05) is 54.6 Å². The molecular weight excluding hydrogens is 416 g/mol. The number of aromatic nitrogens is 2. The lowest BCUT2D eigenvalue weighted by molar-refractivity contribution is -0.142. The molecule has 4 aromatic rings. The van der Waals surface area contributed by atoms with Gasteiger partial charge < -0.3 is 15.8 Å². The van der Waals surface area contributed by atoms with E-state index in [-0.39, 0.29) is 24.0 Å². The summed E-state index contributed by atoms with van der Waals surface area (Å²) >= 11 is 0. The van der Waals surface area contributed by atoms with Crippen LogP contribution in [0.2, 0.25) is 0 Å². The van der Waals surface area contributed by atoms with Gasteiger partial charge in [-0.3, -0.25) is 9.59 Å². The molecule has 33 heavy (non-hydrogen) atoms. The molecule has 4 rings (SSSR count). The van der Waals surface area contributed by atoms with Crippen LogP contribution in [0.3, 0.4) is 0 Å². The number of nitrogens with two attached hydrogens (primary N) is 1. The third-order valence-electron chi connectivity index (χ3n) is 5.14. The second kappa shape index (κ2) is 10.0. The van der Waals surface area contributed by atoms with Crippen LogP contribution in [0.4, 0.5) is 5.69 Å². The maximum absolute atomic E-state index is 13.4. The van der Waals surface area contributed by atoms with E-state index in [0.717, 1.165) is 11.1 Å². The van der Waals surface area contributed by atoms with Crippen molar-refractivity contribution in [1.82, 2.24) is 9.97 Å². The molecule has 0 saturated carbocycles. The number of ether oxygens (including phenoxy) is 1. The van der Waals surface area contributed by atoms with E-state index in [1.54, 1.807) is 25.1 Å². The maximum Gasteiger partial charge on any atom is 0.310 e. The van der Waals surface area contributed by atoms with Gasteiger partial charge in [-0.05, 0) is 36.2 Å². The molecule has 3 aromatic carbocycles. The second-order valence-electron chi connectivity index (χ2n) is 7.41. The number of nitrogens with one attached hydrogen (secondary N) is 1. The van der Waals surface area contributed by atoms with Gasteiger partial charge in [0.2, 0.25) is 0 Å². The van der Waals surface area contributed by atoms with E-state index in [0.29, 0.717) is 41.1 Å². The lowest BCUT2D eigenvalue weighted by atomic mass is 10.1. The van der Waals surface area contributed by atoms with Gasteiger partial charge in [0.25, 0.3) is 5.91 Å². The van der Waals surface area contributed by atoms with E-state index in [1.165, 1.54) is 0 Å². The van der Waals surface area contributed by atoms with Crippen molar-refractivity contribution >= 4 is 28.5 Å². The number of hydrogen-bond acceptors (Lipinski definition) is 6. The van der Waals surface area contributed by atoms with Crippen LogP contribution in [0.25, 0.3) is 22.3 Å². The fraction of sp³-hybridized carbons (Fsp3) is 0.154. The van der Waals surface area contributed by atoms with Gasteiger partial charge in [0.15, 0.2) is 5.82 Å². The average Bonchev–Trinajstić information content (AvgIpc) is 2.84. The van der Waals surface area contributed by atoms with E-state index < -0.39 is 0 Å². The molecule has 0 spiro atoms. The minimum atomic E-state index is -0.388. The number of rotatable bonds is 7. The Kier molecular flexibility index (Phi) is 6.71. The molecule has 0 radical (unpaired) electrons. The number of carbonyl (C=O) groups excluding carboxylic acids is 2. The molecule has 7 nitrogen and oxygen atoms in total. The number of anilines is 1. The minimum absolute atomic E-state index is 0.0615. The van der Waals surface area contributed by atoms with Crippen LogP contribution in [0.1, 0.15) is 28.5 Å². The predicted molar refractivity (Wildman–Crippen MR) is 128 cm³/mol. The summed E-state index contributed by atoms with van der Waals surface area (Å²) in [6.07, 6.45) is 0.0615. The van der Waals surface area contributed by atoms with Gasteiger partial charge in [0.1, 0.15) is 5.69 Å². The van der Waals surface area contributed by atoms with E-state index in [9.17, 15) is 9.59 Å². The monoisotopic (exact) mass is 440 g/mol. The standard InChI is InChI=1S/C26H24N4O3/c1-2-33-23(31)15-18-9-3-5-12-21(18)29-26(32)24-20-11-4-6-13-22(20)28-25(30-24)19-10-7-8-17(14-19)16-27/h3-14H,2,15-16,27H2,1H3,(H,29,32). The molecule has 0 unspecified atom stereocenters. The van der Waals surface area contributed by atoms with Crippen LogP contribution in [-0.2, 0) is 22.5 Å². The Hall–Kier alpha value is -4.10. The number of nitrogens with zero attached hydrogens (tertiary/aromatic N) is 2. The number of esters is 1. The zero-order valence-corrected chi connectivity index (χ0v) is 18.2. The average molecular weight is 441 g/mol. The molecule has 0 aliphatic carbocycles. The van der Waals surface area contributed by atoms with Gasteiger partial charge >= 0.3 is 5.97 Å². The molecule has 7 heteroatoms. The zero-order chi connectivity index (χ0) is 23.2. The van der Waals surface area contributed by atoms with E-state index in [4.69, 9.17) is 10.5 Å². The Morgan fingerprint density at radius 1 is 0.970 bits per heavy atom. The molecule has 1 amide bonds. The molecule has 1 heterocycles. The minimum Gasteiger partial charge on any atom is -0.466 e. The maximum atomic E-state index is 13.4. The van der Waals surface area contributed by atoms with Crippen molar-refractivity contribution in [3.8, 4) is 11.4 Å². The number of benzene rings is 3. The fourth-order valence-corrected chi connectivity index (χ4v) is 3.56. The number of fused-ring (bicyclic) bond motifs is 1. The van der Waals surface area contributed by atoms with Crippen LogP contribution in [0, 0.1) is 0 Å². The Balaban J connectivity index is 1.72. The number of hydrogen-bond donors (Lipinski definition) is 2. The highest BCUT2D eigenvalue weighted by Gasteiger charge is 2.18. The van der Waals surface area contributed by atoms with Crippen LogP contribution in [0.5, 0.6) is 0 Å². The van der Waals surface area contributed by atoms with Gasteiger partial charge in [-0.15, -0.1) is 0 Å². The summed E-state index contributed by atoms with van der Waals surface area (Å²) in [6, 6.07) is 22.1. The second-order valence-corrected chi connectivity index (χ2v) is 7.41. The molecule has 0 atom stereocenters. The first-order valence-corrected chi connectivity index (χ1v) is 10.7. The number of amides is 1. The summed E-state index contributed by atoms with van der Waals surface area (Å²) < 4.78 is 5.05. The lowest BCUT2D eigenvalue weighted by Gasteiger charge is -2.13. The van der Waals surface area contributed by atoms with Crippen LogP contribution < -0.4 is 11.1 Å². The third kappa shape index (κ3) is 5.05. The van der Waals surface area contributed by atoms with Crippen molar-refractivity contribution in [3.05, 3.63) is 89.6 Å². The molecule has 0 bridgehead atoms. The zero-order valence-electron chi connectivity index (χ0n) is 18.2. The summed E-state index contributed by atoms with van der Waals surface area (Å²) in [7, 11) is 0. The fourth-order valence-electron chi connectivity index (χ4n) is 3.56. The SMILES string of the molecule is CCOC(=O)Cc1ccccc1NC(=O)c1nc(-c2cccc(CN)c2)nc2ccccc12. The highest BCUT2D eigenvalue weighted by atomic mass is 16.5. The summed E-state index contributed by atoms with van der Waals surface area (Å²) in [5.41, 5.74) is 9.61. The molecule has 0 aliphatic rings.